The molecule has 0 saturated heterocycles. The van der Waals surface area contributed by atoms with Crippen molar-refractivity contribution < 1.29 is 4.79 Å². The normalized spacial score (nSPS) is 18.4. The Morgan fingerprint density at radius 2 is 1.73 bits per heavy atom. The number of rotatable bonds is 7. The Hall–Kier alpha value is -2.12. The Bertz CT molecular complexity index is 1050. The van der Waals surface area contributed by atoms with Gasteiger partial charge in [-0.1, -0.05) is 15.9 Å². The molecule has 0 aliphatic heterocycles. The van der Waals surface area contributed by atoms with Gasteiger partial charge >= 0.3 is 0 Å². The van der Waals surface area contributed by atoms with E-state index in [4.69, 9.17) is 0 Å². The van der Waals surface area contributed by atoms with Crippen molar-refractivity contribution in [3.63, 3.8) is 0 Å². The second kappa shape index (κ2) is 10.9. The molecule has 6 nitrogen and oxygen atoms in total. The van der Waals surface area contributed by atoms with Crippen LogP contribution in [0.5, 0.6) is 0 Å². The van der Waals surface area contributed by atoms with Gasteiger partial charge in [0.05, 0.1) is 0 Å². The standard InChI is InChI=1S/C26H37BrN4O2/c1-7-31(21-10-8-20(9-11-21)30(5)6)24-14-19(27)13-22(18(24)4)25(32)28-15-23-16(2)12-17(3)29-26(23)33/h12-14,20-21H,7-11,15H2,1-6H3,(H,28,32)(H,29,33). The van der Waals surface area contributed by atoms with Gasteiger partial charge in [-0.3, -0.25) is 9.59 Å². The number of nitrogens with one attached hydrogen (secondary N) is 2. The minimum atomic E-state index is -0.165. The number of anilines is 1. The summed E-state index contributed by atoms with van der Waals surface area (Å²) in [6.45, 7) is 9.06. The maximum absolute atomic E-state index is 13.2. The predicted molar refractivity (Wildman–Crippen MR) is 139 cm³/mol. The maximum Gasteiger partial charge on any atom is 0.253 e. The fourth-order valence-corrected chi connectivity index (χ4v) is 5.52. The highest BCUT2D eigenvalue weighted by Crippen LogP contribution is 2.34. The van der Waals surface area contributed by atoms with Crippen molar-refractivity contribution >= 4 is 27.5 Å². The zero-order valence-electron chi connectivity index (χ0n) is 20.7. The molecule has 1 aliphatic carbocycles. The third-order valence-electron chi connectivity index (χ3n) is 7.00. The molecule has 0 radical (unpaired) electrons. The lowest BCUT2D eigenvalue weighted by Gasteiger charge is -2.40. The lowest BCUT2D eigenvalue weighted by molar-refractivity contribution is 0.0950. The van der Waals surface area contributed by atoms with E-state index in [1.54, 1.807) is 0 Å². The van der Waals surface area contributed by atoms with E-state index >= 15 is 0 Å². The summed E-state index contributed by atoms with van der Waals surface area (Å²) >= 11 is 3.62. The molecule has 1 amide bonds. The van der Waals surface area contributed by atoms with E-state index in [1.165, 1.54) is 12.8 Å². The number of amides is 1. The number of aromatic nitrogens is 1. The van der Waals surface area contributed by atoms with Crippen molar-refractivity contribution in [2.75, 3.05) is 25.5 Å². The molecule has 3 rings (SSSR count). The zero-order valence-corrected chi connectivity index (χ0v) is 22.3. The van der Waals surface area contributed by atoms with Crippen LogP contribution in [0.3, 0.4) is 0 Å². The monoisotopic (exact) mass is 516 g/mol. The van der Waals surface area contributed by atoms with Gasteiger partial charge in [-0.15, -0.1) is 0 Å². The topological polar surface area (TPSA) is 68.4 Å². The van der Waals surface area contributed by atoms with Crippen LogP contribution in [0.2, 0.25) is 0 Å². The van der Waals surface area contributed by atoms with Crippen molar-refractivity contribution in [1.29, 1.82) is 0 Å². The van der Waals surface area contributed by atoms with Crippen molar-refractivity contribution in [2.24, 2.45) is 0 Å². The number of aromatic amines is 1. The number of nitrogens with zero attached hydrogens (tertiary/aromatic N) is 2. The van der Waals surface area contributed by atoms with Crippen LogP contribution >= 0.6 is 15.9 Å². The Balaban J connectivity index is 1.81. The quantitative estimate of drug-likeness (QED) is 0.559. The summed E-state index contributed by atoms with van der Waals surface area (Å²) in [6, 6.07) is 7.05. The second-order valence-electron chi connectivity index (χ2n) is 9.44. The molecule has 0 unspecified atom stereocenters. The van der Waals surface area contributed by atoms with Crippen LogP contribution in [0.15, 0.2) is 27.5 Å². The zero-order chi connectivity index (χ0) is 24.3. The van der Waals surface area contributed by atoms with Crippen LogP contribution in [0, 0.1) is 20.8 Å². The number of benzene rings is 1. The first-order valence-electron chi connectivity index (χ1n) is 11.8. The number of aryl methyl sites for hydroxylation is 2. The molecule has 0 atom stereocenters. The van der Waals surface area contributed by atoms with E-state index in [-0.39, 0.29) is 18.0 Å². The summed E-state index contributed by atoms with van der Waals surface area (Å²) in [5.74, 6) is -0.165. The van der Waals surface area contributed by atoms with Gasteiger partial charge < -0.3 is 20.1 Å². The third-order valence-corrected chi connectivity index (χ3v) is 7.45. The van der Waals surface area contributed by atoms with E-state index in [9.17, 15) is 9.59 Å². The van der Waals surface area contributed by atoms with Crippen molar-refractivity contribution in [3.8, 4) is 0 Å². The number of halogens is 1. The molecule has 1 fully saturated rings. The van der Waals surface area contributed by atoms with Crippen LogP contribution in [0.1, 0.15) is 65.3 Å². The summed E-state index contributed by atoms with van der Waals surface area (Å²) in [4.78, 5) is 33.1. The molecule has 7 heteroatoms. The fourth-order valence-electron chi connectivity index (χ4n) is 5.08. The third kappa shape index (κ3) is 5.87. The Morgan fingerprint density at radius 1 is 1.09 bits per heavy atom. The van der Waals surface area contributed by atoms with Crippen molar-refractivity contribution in [1.82, 2.24) is 15.2 Å². The lowest BCUT2D eigenvalue weighted by atomic mass is 9.89. The summed E-state index contributed by atoms with van der Waals surface area (Å²) in [5.41, 5.74) is 4.87. The summed E-state index contributed by atoms with van der Waals surface area (Å²) in [5, 5.41) is 2.96. The molecule has 1 heterocycles. The van der Waals surface area contributed by atoms with Crippen LogP contribution in [0.4, 0.5) is 5.69 Å². The number of hydrogen-bond acceptors (Lipinski definition) is 4. The van der Waals surface area contributed by atoms with Gasteiger partial charge in [0.25, 0.3) is 11.5 Å². The average molecular weight is 518 g/mol. The van der Waals surface area contributed by atoms with E-state index in [0.29, 0.717) is 23.2 Å². The first-order valence-corrected chi connectivity index (χ1v) is 12.6. The Labute approximate surface area is 205 Å². The minimum Gasteiger partial charge on any atom is -0.369 e. The van der Waals surface area contributed by atoms with Gasteiger partial charge in [0.2, 0.25) is 0 Å². The van der Waals surface area contributed by atoms with E-state index < -0.39 is 0 Å². The van der Waals surface area contributed by atoms with Gasteiger partial charge in [-0.2, -0.15) is 0 Å². The van der Waals surface area contributed by atoms with Gasteiger partial charge in [0, 0.05) is 52.2 Å². The molecule has 33 heavy (non-hydrogen) atoms. The van der Waals surface area contributed by atoms with Gasteiger partial charge in [-0.05, 0) is 96.8 Å². The molecule has 0 bridgehead atoms. The van der Waals surface area contributed by atoms with E-state index in [1.807, 2.05) is 32.9 Å². The smallest absolute Gasteiger partial charge is 0.253 e. The lowest BCUT2D eigenvalue weighted by Crippen LogP contribution is -2.42. The highest BCUT2D eigenvalue weighted by atomic mass is 79.9. The van der Waals surface area contributed by atoms with Crippen LogP contribution in [-0.4, -0.2) is 48.5 Å². The first kappa shape index (κ1) is 25.5. The molecule has 180 valence electrons. The first-order chi connectivity index (χ1) is 15.6. The van der Waals surface area contributed by atoms with Gasteiger partial charge in [0.1, 0.15) is 0 Å². The highest BCUT2D eigenvalue weighted by molar-refractivity contribution is 9.10. The number of carbonyl (C=O) groups is 1. The van der Waals surface area contributed by atoms with Crippen LogP contribution < -0.4 is 15.8 Å². The Kier molecular flexibility index (Phi) is 8.40. The van der Waals surface area contributed by atoms with Gasteiger partial charge in [0.15, 0.2) is 0 Å². The molecule has 1 saturated carbocycles. The summed E-state index contributed by atoms with van der Waals surface area (Å²) in [7, 11) is 4.33. The van der Waals surface area contributed by atoms with Gasteiger partial charge in [-0.25, -0.2) is 0 Å². The van der Waals surface area contributed by atoms with Crippen LogP contribution in [-0.2, 0) is 6.54 Å². The molecule has 2 aromatic rings. The molecule has 1 aromatic heterocycles. The molecule has 2 N–H and O–H groups in total. The number of pyridine rings is 1. The van der Waals surface area contributed by atoms with E-state index in [2.05, 4.69) is 63.1 Å². The molecule has 1 aliphatic rings. The average Bonchev–Trinajstić information content (AvgIpc) is 2.75. The molecular weight excluding hydrogens is 480 g/mol. The molecule has 0 spiro atoms. The number of H-pyrrole nitrogens is 1. The fraction of sp³-hybridized carbons (Fsp3) is 0.538. The predicted octanol–water partition coefficient (Wildman–Crippen LogP) is 4.69. The van der Waals surface area contributed by atoms with Crippen molar-refractivity contribution in [3.05, 3.63) is 61.0 Å². The largest absolute Gasteiger partial charge is 0.369 e. The number of hydrogen-bond donors (Lipinski definition) is 2. The second-order valence-corrected chi connectivity index (χ2v) is 10.4. The summed E-state index contributed by atoms with van der Waals surface area (Å²) in [6.07, 6.45) is 4.69. The molecule has 1 aromatic carbocycles. The highest BCUT2D eigenvalue weighted by Gasteiger charge is 2.28. The Morgan fingerprint density at radius 3 is 2.30 bits per heavy atom. The van der Waals surface area contributed by atoms with E-state index in [0.717, 1.165) is 46.4 Å². The number of carbonyl (C=O) groups excluding carboxylic acids is 1. The molecular formula is C26H37BrN4O2. The SMILES string of the molecule is CCN(c1cc(Br)cc(C(=O)NCc2c(C)cc(C)[nH]c2=O)c1C)C1CCC(N(C)C)CC1. The van der Waals surface area contributed by atoms with Crippen molar-refractivity contribution in [2.45, 2.75) is 72.0 Å². The van der Waals surface area contributed by atoms with Crippen LogP contribution in [0.25, 0.3) is 0 Å². The minimum absolute atomic E-state index is 0.148. The maximum atomic E-state index is 13.2. The summed E-state index contributed by atoms with van der Waals surface area (Å²) < 4.78 is 0.887.